The zero-order chi connectivity index (χ0) is 43.1. The maximum atomic E-state index is 2.37. The number of nitrogens with zero attached hydrogens (tertiary/aromatic N) is 1. The van der Waals surface area contributed by atoms with E-state index >= 15 is 0 Å². The predicted molar refractivity (Wildman–Crippen MR) is 278 cm³/mol. The first-order valence-electron chi connectivity index (χ1n) is 22.4. The molecule has 0 aromatic heterocycles. The lowest BCUT2D eigenvalue weighted by Gasteiger charge is -2.26. The zero-order valence-corrected chi connectivity index (χ0v) is 35.8. The molecule has 304 valence electrons. The summed E-state index contributed by atoms with van der Waals surface area (Å²) in [6, 6.07) is 95.1. The van der Waals surface area contributed by atoms with Gasteiger partial charge in [0, 0.05) is 17.1 Å². The van der Waals surface area contributed by atoms with Gasteiger partial charge < -0.3 is 4.90 Å². The van der Waals surface area contributed by atoms with Crippen LogP contribution >= 0.6 is 0 Å². The molecule has 0 amide bonds. The SMILES string of the molecule is c1ccc(-c2ccc(-c3ccc(N(c4ccc(-c5ccc6c7ccccc7c7ccccc7c6c5)cc4)c4ccc(-c5c(-c6ccccc6)ccc6ccccc56)cc4)cc3)cc2)cc1. The van der Waals surface area contributed by atoms with E-state index in [1.807, 2.05) is 0 Å². The summed E-state index contributed by atoms with van der Waals surface area (Å²) < 4.78 is 0. The van der Waals surface area contributed by atoms with E-state index in [9.17, 15) is 0 Å². The van der Waals surface area contributed by atoms with Gasteiger partial charge in [0.15, 0.2) is 0 Å². The first kappa shape index (κ1) is 38.2. The van der Waals surface area contributed by atoms with E-state index in [1.54, 1.807) is 0 Å². The summed E-state index contributed by atoms with van der Waals surface area (Å²) in [5.74, 6) is 0. The van der Waals surface area contributed by atoms with Crippen LogP contribution in [0.3, 0.4) is 0 Å². The van der Waals surface area contributed by atoms with Gasteiger partial charge in [0.1, 0.15) is 0 Å². The van der Waals surface area contributed by atoms with E-state index in [2.05, 4.69) is 266 Å². The Hall–Kier alpha value is -8.52. The van der Waals surface area contributed by atoms with Gasteiger partial charge in [-0.3, -0.25) is 0 Å². The largest absolute Gasteiger partial charge is 0.311 e. The highest BCUT2D eigenvalue weighted by molar-refractivity contribution is 6.25. The van der Waals surface area contributed by atoms with Crippen LogP contribution in [0.25, 0.3) is 98.7 Å². The molecule has 0 unspecified atom stereocenters. The lowest BCUT2D eigenvalue weighted by atomic mass is 9.89. The van der Waals surface area contributed by atoms with Crippen LogP contribution in [0.4, 0.5) is 17.1 Å². The van der Waals surface area contributed by atoms with Crippen LogP contribution in [0.5, 0.6) is 0 Å². The minimum absolute atomic E-state index is 1.09. The van der Waals surface area contributed by atoms with Crippen molar-refractivity contribution in [3.63, 3.8) is 0 Å². The maximum Gasteiger partial charge on any atom is 0.0462 e. The molecule has 0 aliphatic carbocycles. The Morgan fingerprint density at radius 3 is 1.08 bits per heavy atom. The summed E-state index contributed by atoms with van der Waals surface area (Å²) in [6.45, 7) is 0. The monoisotopic (exact) mass is 825 g/mol. The Morgan fingerprint density at radius 2 is 0.554 bits per heavy atom. The molecule has 0 bridgehead atoms. The van der Waals surface area contributed by atoms with Crippen molar-refractivity contribution in [1.82, 2.24) is 0 Å². The van der Waals surface area contributed by atoms with Crippen molar-refractivity contribution < 1.29 is 0 Å². The second kappa shape index (κ2) is 16.3. The van der Waals surface area contributed by atoms with Gasteiger partial charge in [-0.05, 0) is 141 Å². The molecule has 0 N–H and O–H groups in total. The van der Waals surface area contributed by atoms with E-state index in [1.165, 1.54) is 98.7 Å². The standard InChI is InChI=1S/C64H43N/c1-3-13-44(14-4-1)45-23-25-46(26-24-45)47-27-35-53(36-28-47)65(55-39-31-51(32-40-55)64-56-18-8-7-17-50(56)33-41-57(64)49-15-5-2-6-16-49)54-37-29-48(30-38-54)52-34-42-62-60-21-10-9-19-58(60)59-20-11-12-22-61(59)63(62)43-52/h1-43H. The smallest absolute Gasteiger partial charge is 0.0462 e. The van der Waals surface area contributed by atoms with E-state index in [-0.39, 0.29) is 0 Å². The minimum atomic E-state index is 1.09. The van der Waals surface area contributed by atoms with Crippen molar-refractivity contribution in [3.8, 4) is 55.6 Å². The molecule has 12 aromatic rings. The number of benzene rings is 12. The van der Waals surface area contributed by atoms with Gasteiger partial charge in [0.25, 0.3) is 0 Å². The predicted octanol–water partition coefficient (Wildman–Crippen LogP) is 18.1. The first-order valence-corrected chi connectivity index (χ1v) is 22.4. The van der Waals surface area contributed by atoms with Gasteiger partial charge in [0.2, 0.25) is 0 Å². The van der Waals surface area contributed by atoms with Crippen molar-refractivity contribution in [2.24, 2.45) is 0 Å². The fourth-order valence-corrected chi connectivity index (χ4v) is 9.84. The number of hydrogen-bond donors (Lipinski definition) is 0. The molecule has 0 spiro atoms. The molecule has 0 saturated carbocycles. The van der Waals surface area contributed by atoms with Crippen LogP contribution in [0.1, 0.15) is 0 Å². The summed E-state index contributed by atoms with van der Waals surface area (Å²) in [6.07, 6.45) is 0. The van der Waals surface area contributed by atoms with Crippen LogP contribution in [0.15, 0.2) is 261 Å². The molecular weight excluding hydrogens is 783 g/mol. The molecule has 12 aromatic carbocycles. The van der Waals surface area contributed by atoms with Crippen LogP contribution < -0.4 is 4.90 Å². The molecule has 1 heteroatoms. The quantitative estimate of drug-likeness (QED) is 0.138. The van der Waals surface area contributed by atoms with Crippen LogP contribution in [-0.2, 0) is 0 Å². The lowest BCUT2D eigenvalue weighted by molar-refractivity contribution is 1.28. The first-order chi connectivity index (χ1) is 32.2. The molecule has 12 rings (SSSR count). The average Bonchev–Trinajstić information content (AvgIpc) is 3.39. The Bertz CT molecular complexity index is 3610. The van der Waals surface area contributed by atoms with Gasteiger partial charge in [-0.2, -0.15) is 0 Å². The highest BCUT2D eigenvalue weighted by Crippen LogP contribution is 2.43. The van der Waals surface area contributed by atoms with E-state index in [0.717, 1.165) is 17.1 Å². The number of anilines is 3. The molecule has 0 radical (unpaired) electrons. The molecule has 0 atom stereocenters. The van der Waals surface area contributed by atoms with Crippen molar-refractivity contribution >= 4 is 60.2 Å². The highest BCUT2D eigenvalue weighted by atomic mass is 15.1. The molecule has 0 aliphatic rings. The molecule has 0 fully saturated rings. The third kappa shape index (κ3) is 7.01. The van der Waals surface area contributed by atoms with Gasteiger partial charge in [-0.1, -0.05) is 218 Å². The molecule has 0 aliphatic heterocycles. The normalized spacial score (nSPS) is 11.4. The summed E-state index contributed by atoms with van der Waals surface area (Å²) in [7, 11) is 0. The number of rotatable bonds is 8. The molecular formula is C64H43N. The molecule has 65 heavy (non-hydrogen) atoms. The fourth-order valence-electron chi connectivity index (χ4n) is 9.84. The lowest BCUT2D eigenvalue weighted by Crippen LogP contribution is -2.09. The zero-order valence-electron chi connectivity index (χ0n) is 35.8. The van der Waals surface area contributed by atoms with E-state index < -0.39 is 0 Å². The van der Waals surface area contributed by atoms with Crippen molar-refractivity contribution in [1.29, 1.82) is 0 Å². The summed E-state index contributed by atoms with van der Waals surface area (Å²) in [5, 5.41) is 10.2. The fraction of sp³-hybridized carbons (Fsp3) is 0. The van der Waals surface area contributed by atoms with Gasteiger partial charge in [-0.15, -0.1) is 0 Å². The third-order valence-electron chi connectivity index (χ3n) is 13.1. The molecule has 0 heterocycles. The average molecular weight is 826 g/mol. The highest BCUT2D eigenvalue weighted by Gasteiger charge is 2.17. The third-order valence-corrected chi connectivity index (χ3v) is 13.1. The van der Waals surface area contributed by atoms with Crippen molar-refractivity contribution in [2.45, 2.75) is 0 Å². The van der Waals surface area contributed by atoms with E-state index in [4.69, 9.17) is 0 Å². The van der Waals surface area contributed by atoms with Gasteiger partial charge in [0.05, 0.1) is 0 Å². The van der Waals surface area contributed by atoms with Crippen molar-refractivity contribution in [3.05, 3.63) is 261 Å². The number of hydrogen-bond acceptors (Lipinski definition) is 1. The second-order valence-corrected chi connectivity index (χ2v) is 16.8. The summed E-state index contributed by atoms with van der Waals surface area (Å²) >= 11 is 0. The van der Waals surface area contributed by atoms with Gasteiger partial charge >= 0.3 is 0 Å². The van der Waals surface area contributed by atoms with E-state index in [0.29, 0.717) is 0 Å². The summed E-state index contributed by atoms with van der Waals surface area (Å²) in [5.41, 5.74) is 15.3. The Balaban J connectivity index is 0.941. The maximum absolute atomic E-state index is 2.37. The second-order valence-electron chi connectivity index (χ2n) is 16.8. The molecule has 0 saturated heterocycles. The topological polar surface area (TPSA) is 3.24 Å². The Morgan fingerprint density at radius 1 is 0.200 bits per heavy atom. The van der Waals surface area contributed by atoms with Gasteiger partial charge in [-0.25, -0.2) is 0 Å². The van der Waals surface area contributed by atoms with Crippen LogP contribution in [0.2, 0.25) is 0 Å². The number of fused-ring (bicyclic) bond motifs is 7. The molecule has 1 nitrogen and oxygen atoms in total. The minimum Gasteiger partial charge on any atom is -0.311 e. The summed E-state index contributed by atoms with van der Waals surface area (Å²) in [4.78, 5) is 2.37. The van der Waals surface area contributed by atoms with Crippen LogP contribution in [-0.4, -0.2) is 0 Å². The Labute approximate surface area is 379 Å². The van der Waals surface area contributed by atoms with Crippen molar-refractivity contribution in [2.75, 3.05) is 4.90 Å². The van der Waals surface area contributed by atoms with Crippen LogP contribution in [0, 0.1) is 0 Å². The Kier molecular flexibility index (Phi) is 9.58.